The molecule has 1 aromatic rings. The summed E-state index contributed by atoms with van der Waals surface area (Å²) in [4.78, 5) is 14.2. The molecule has 2 heterocycles. The number of ether oxygens (including phenoxy) is 2. The van der Waals surface area contributed by atoms with E-state index < -0.39 is 11.8 Å². The molecule has 0 spiro atoms. The number of anilines is 1. The minimum absolute atomic E-state index is 0.0152. The Morgan fingerprint density at radius 3 is 2.67 bits per heavy atom. The van der Waals surface area contributed by atoms with Crippen LogP contribution in [0.3, 0.4) is 0 Å². The second-order valence-corrected chi connectivity index (χ2v) is 6.28. The number of hydrogen-bond acceptors (Lipinski definition) is 4. The number of nitrogens with two attached hydrogens (primary N) is 1. The van der Waals surface area contributed by atoms with E-state index in [1.807, 2.05) is 38.1 Å². The number of amides is 1. The molecule has 2 aliphatic rings. The topological polar surface area (TPSA) is 64.8 Å². The predicted octanol–water partition coefficient (Wildman–Crippen LogP) is 1.30. The molecule has 0 aliphatic carbocycles. The van der Waals surface area contributed by atoms with Gasteiger partial charge in [-0.3, -0.25) is 4.79 Å². The molecule has 5 nitrogen and oxygen atoms in total. The maximum absolute atomic E-state index is 12.4. The second-order valence-electron chi connectivity index (χ2n) is 6.28. The number of benzene rings is 1. The van der Waals surface area contributed by atoms with Crippen LogP contribution in [0.5, 0.6) is 0 Å². The Morgan fingerprint density at radius 2 is 1.95 bits per heavy atom. The third-order valence-corrected chi connectivity index (χ3v) is 4.08. The van der Waals surface area contributed by atoms with Crippen LogP contribution in [0, 0.1) is 5.92 Å². The van der Waals surface area contributed by atoms with Gasteiger partial charge in [0.2, 0.25) is 5.91 Å². The van der Waals surface area contributed by atoms with Crippen molar-refractivity contribution in [1.29, 1.82) is 0 Å². The first-order chi connectivity index (χ1) is 9.96. The number of carbonyl (C=O) groups excluding carboxylic acids is 1. The summed E-state index contributed by atoms with van der Waals surface area (Å²) in [5.74, 6) is -0.379. The first-order valence-corrected chi connectivity index (χ1v) is 7.39. The molecule has 1 amide bonds. The van der Waals surface area contributed by atoms with Gasteiger partial charge in [0.25, 0.3) is 0 Å². The zero-order valence-electron chi connectivity index (χ0n) is 12.5. The number of nitrogens with zero attached hydrogens (tertiary/aromatic N) is 1. The third kappa shape index (κ3) is 2.95. The van der Waals surface area contributed by atoms with Gasteiger partial charge in [-0.15, -0.1) is 0 Å². The Hall–Kier alpha value is -1.43. The normalized spacial score (nSPS) is 25.8. The number of rotatable bonds is 2. The van der Waals surface area contributed by atoms with Gasteiger partial charge in [-0.2, -0.15) is 0 Å². The Kier molecular flexibility index (Phi) is 3.73. The molecule has 3 rings (SSSR count). The predicted molar refractivity (Wildman–Crippen MR) is 79.9 cm³/mol. The Morgan fingerprint density at radius 1 is 1.29 bits per heavy atom. The summed E-state index contributed by atoms with van der Waals surface area (Å²) in [7, 11) is 0. The van der Waals surface area contributed by atoms with Crippen molar-refractivity contribution in [3.63, 3.8) is 0 Å². The lowest BCUT2D eigenvalue weighted by Crippen LogP contribution is -2.52. The molecule has 114 valence electrons. The molecule has 5 heteroatoms. The fourth-order valence-corrected chi connectivity index (χ4v) is 2.87. The van der Waals surface area contributed by atoms with Crippen LogP contribution in [0.15, 0.2) is 24.3 Å². The van der Waals surface area contributed by atoms with E-state index in [2.05, 4.69) is 0 Å². The molecule has 0 bridgehead atoms. The summed E-state index contributed by atoms with van der Waals surface area (Å²) < 4.78 is 11.4. The van der Waals surface area contributed by atoms with Gasteiger partial charge in [-0.1, -0.05) is 18.2 Å². The number of hydrogen-bond donors (Lipinski definition) is 1. The quantitative estimate of drug-likeness (QED) is 0.891. The average Bonchev–Trinajstić information content (AvgIpc) is 2.45. The van der Waals surface area contributed by atoms with Crippen LogP contribution in [0.25, 0.3) is 0 Å². The minimum Gasteiger partial charge on any atom is -0.350 e. The lowest BCUT2D eigenvalue weighted by atomic mass is 9.96. The van der Waals surface area contributed by atoms with E-state index in [4.69, 9.17) is 15.2 Å². The lowest BCUT2D eigenvalue weighted by molar-refractivity contribution is -0.260. The van der Waals surface area contributed by atoms with Gasteiger partial charge in [0.05, 0.1) is 19.3 Å². The molecule has 2 aliphatic heterocycles. The zero-order chi connectivity index (χ0) is 15.0. The van der Waals surface area contributed by atoms with E-state index in [9.17, 15) is 4.79 Å². The third-order valence-electron chi connectivity index (χ3n) is 4.08. The smallest absolute Gasteiger partial charge is 0.244 e. The van der Waals surface area contributed by atoms with Crippen molar-refractivity contribution in [1.82, 2.24) is 0 Å². The van der Waals surface area contributed by atoms with Gasteiger partial charge < -0.3 is 20.1 Å². The SMILES string of the molecule is CC1(C)OCC(CN2C(=O)C(N)Cc3ccccc32)CO1. The van der Waals surface area contributed by atoms with E-state index >= 15 is 0 Å². The molecule has 1 aromatic carbocycles. The van der Waals surface area contributed by atoms with Crippen LogP contribution < -0.4 is 10.6 Å². The maximum Gasteiger partial charge on any atom is 0.244 e. The Labute approximate surface area is 125 Å². The fourth-order valence-electron chi connectivity index (χ4n) is 2.87. The van der Waals surface area contributed by atoms with Gasteiger partial charge >= 0.3 is 0 Å². The maximum atomic E-state index is 12.4. The molecule has 21 heavy (non-hydrogen) atoms. The van der Waals surface area contributed by atoms with Crippen molar-refractivity contribution in [3.05, 3.63) is 29.8 Å². The second kappa shape index (κ2) is 5.40. The molecule has 0 aromatic heterocycles. The molecule has 1 saturated heterocycles. The van der Waals surface area contributed by atoms with Crippen molar-refractivity contribution >= 4 is 11.6 Å². The first kappa shape index (κ1) is 14.5. The average molecular weight is 290 g/mol. The monoisotopic (exact) mass is 290 g/mol. The van der Waals surface area contributed by atoms with Gasteiger partial charge in [0.1, 0.15) is 0 Å². The lowest BCUT2D eigenvalue weighted by Gasteiger charge is -2.39. The van der Waals surface area contributed by atoms with Crippen LogP contribution in [-0.2, 0) is 20.7 Å². The van der Waals surface area contributed by atoms with Crippen molar-refractivity contribution in [2.75, 3.05) is 24.7 Å². The molecular formula is C16H22N2O3. The number of para-hydroxylation sites is 1. The van der Waals surface area contributed by atoms with E-state index in [0.29, 0.717) is 26.2 Å². The van der Waals surface area contributed by atoms with Crippen LogP contribution >= 0.6 is 0 Å². The summed E-state index contributed by atoms with van der Waals surface area (Å²) in [5.41, 5.74) is 8.07. The highest BCUT2D eigenvalue weighted by atomic mass is 16.7. The van der Waals surface area contributed by atoms with E-state index in [-0.39, 0.29) is 11.8 Å². The summed E-state index contributed by atoms with van der Waals surface area (Å²) in [6.07, 6.45) is 0.607. The van der Waals surface area contributed by atoms with Crippen molar-refractivity contribution in [3.8, 4) is 0 Å². The molecule has 1 fully saturated rings. The summed E-state index contributed by atoms with van der Waals surface area (Å²) >= 11 is 0. The summed E-state index contributed by atoms with van der Waals surface area (Å²) in [6.45, 7) is 5.57. The molecule has 0 radical (unpaired) electrons. The van der Waals surface area contributed by atoms with Crippen LogP contribution in [0.2, 0.25) is 0 Å². The van der Waals surface area contributed by atoms with Crippen molar-refractivity contribution < 1.29 is 14.3 Å². The van der Waals surface area contributed by atoms with E-state index in [1.54, 1.807) is 4.90 Å². The van der Waals surface area contributed by atoms with Crippen molar-refractivity contribution in [2.24, 2.45) is 11.7 Å². The fraction of sp³-hybridized carbons (Fsp3) is 0.562. The standard InChI is InChI=1S/C16H22N2O3/c1-16(2)20-9-11(10-21-16)8-18-14-6-4-3-5-12(14)7-13(17)15(18)19/h3-6,11,13H,7-10,17H2,1-2H3. The Bertz CT molecular complexity index is 534. The summed E-state index contributed by atoms with van der Waals surface area (Å²) in [6, 6.07) is 7.49. The van der Waals surface area contributed by atoms with Crippen molar-refractivity contribution in [2.45, 2.75) is 32.1 Å². The molecule has 1 unspecified atom stereocenters. The van der Waals surface area contributed by atoms with Crippen LogP contribution in [0.4, 0.5) is 5.69 Å². The zero-order valence-corrected chi connectivity index (χ0v) is 12.5. The molecule has 0 saturated carbocycles. The molecule has 2 N–H and O–H groups in total. The van der Waals surface area contributed by atoms with Gasteiger partial charge in [0.15, 0.2) is 5.79 Å². The summed E-state index contributed by atoms with van der Waals surface area (Å²) in [5, 5.41) is 0. The van der Waals surface area contributed by atoms with E-state index in [0.717, 1.165) is 11.3 Å². The highest BCUT2D eigenvalue weighted by molar-refractivity contribution is 6.00. The van der Waals surface area contributed by atoms with Gasteiger partial charge in [-0.05, 0) is 31.9 Å². The number of fused-ring (bicyclic) bond motifs is 1. The first-order valence-electron chi connectivity index (χ1n) is 7.39. The largest absolute Gasteiger partial charge is 0.350 e. The highest BCUT2D eigenvalue weighted by Gasteiger charge is 2.34. The van der Waals surface area contributed by atoms with Crippen LogP contribution in [0.1, 0.15) is 19.4 Å². The molecule has 1 atom stereocenters. The highest BCUT2D eigenvalue weighted by Crippen LogP contribution is 2.29. The van der Waals surface area contributed by atoms with Gasteiger partial charge in [0, 0.05) is 18.2 Å². The number of carbonyl (C=O) groups is 1. The van der Waals surface area contributed by atoms with Gasteiger partial charge in [-0.25, -0.2) is 0 Å². The molecular weight excluding hydrogens is 268 g/mol. The van der Waals surface area contributed by atoms with E-state index in [1.165, 1.54) is 0 Å². The van der Waals surface area contributed by atoms with Crippen LogP contribution in [-0.4, -0.2) is 37.5 Å². The Balaban J connectivity index is 1.77. The minimum atomic E-state index is -0.531.